The largest absolute Gasteiger partial charge is 0.422 e. The lowest BCUT2D eigenvalue weighted by Crippen LogP contribution is -2.43. The normalized spacial score (nSPS) is 21.8. The number of aliphatic hydroxyl groups is 2. The number of hydrogen-bond donors (Lipinski definition) is 3. The number of aromatic nitrogens is 3. The lowest BCUT2D eigenvalue weighted by Gasteiger charge is -2.36. The van der Waals surface area contributed by atoms with Crippen LogP contribution in [0.4, 0.5) is 4.39 Å². The molecule has 3 aromatic rings. The van der Waals surface area contributed by atoms with Gasteiger partial charge >= 0.3 is 0 Å². The first kappa shape index (κ1) is 18.2. The Morgan fingerprint density at radius 1 is 1.33 bits per heavy atom. The zero-order valence-corrected chi connectivity index (χ0v) is 15.3. The molecule has 8 nitrogen and oxygen atoms in total. The fraction of sp³-hybridized carbons (Fsp3) is 0.471. The maximum absolute atomic E-state index is 13.1. The smallest absolute Gasteiger partial charge is 0.244 e. The van der Waals surface area contributed by atoms with E-state index in [1.165, 1.54) is 6.07 Å². The summed E-state index contributed by atoms with van der Waals surface area (Å²) in [5.74, 6) is 1.40. The Kier molecular flexibility index (Phi) is 5.04. The molecule has 0 aromatic carbocycles. The van der Waals surface area contributed by atoms with E-state index in [0.29, 0.717) is 34.6 Å². The van der Waals surface area contributed by atoms with Gasteiger partial charge in [-0.25, -0.2) is 0 Å². The molecular formula is C17H19FN4O4S. The summed E-state index contributed by atoms with van der Waals surface area (Å²) < 4.78 is 23.7. The molecule has 0 amide bonds. The molecule has 3 aromatic heterocycles. The van der Waals surface area contributed by atoms with Crippen LogP contribution in [0.2, 0.25) is 0 Å². The molecule has 1 saturated carbocycles. The second-order valence-electron chi connectivity index (χ2n) is 6.74. The van der Waals surface area contributed by atoms with Crippen LogP contribution in [-0.4, -0.2) is 31.6 Å². The highest BCUT2D eigenvalue weighted by Gasteiger charge is 2.33. The zero-order valence-electron chi connectivity index (χ0n) is 14.5. The molecule has 0 spiro atoms. The summed E-state index contributed by atoms with van der Waals surface area (Å²) in [4.78, 5) is 0.648. The molecule has 3 heterocycles. The second-order valence-corrected chi connectivity index (χ2v) is 7.77. The third-order valence-electron chi connectivity index (χ3n) is 4.56. The molecule has 1 aliphatic carbocycles. The highest BCUT2D eigenvalue weighted by Crippen LogP contribution is 2.33. The maximum Gasteiger partial charge on any atom is 0.244 e. The molecule has 0 aliphatic heterocycles. The molecule has 1 aliphatic rings. The molecule has 1 unspecified atom stereocenters. The van der Waals surface area contributed by atoms with Crippen molar-refractivity contribution < 1.29 is 23.5 Å². The quantitative estimate of drug-likeness (QED) is 0.524. The number of nitrogens with zero attached hydrogens (tertiary/aromatic N) is 3. The number of thiophene rings is 1. The predicted molar refractivity (Wildman–Crippen MR) is 93.0 cm³/mol. The van der Waals surface area contributed by atoms with E-state index in [0.717, 1.165) is 24.2 Å². The molecule has 3 N–H and O–H groups in total. The van der Waals surface area contributed by atoms with Crippen LogP contribution in [0.25, 0.3) is 10.6 Å². The van der Waals surface area contributed by atoms with Crippen molar-refractivity contribution in [1.29, 1.82) is 0 Å². The van der Waals surface area contributed by atoms with Crippen LogP contribution in [0.3, 0.4) is 0 Å². The van der Waals surface area contributed by atoms with Crippen molar-refractivity contribution in [3.63, 3.8) is 0 Å². The summed E-state index contributed by atoms with van der Waals surface area (Å²) in [5, 5.41) is 34.1. The van der Waals surface area contributed by atoms with Crippen LogP contribution >= 0.6 is 11.3 Å². The van der Waals surface area contributed by atoms with Gasteiger partial charge in [-0.05, 0) is 37.8 Å². The average Bonchev–Trinajstić information content (AvgIpc) is 3.32. The van der Waals surface area contributed by atoms with E-state index in [2.05, 4.69) is 20.7 Å². The summed E-state index contributed by atoms with van der Waals surface area (Å²) in [6.45, 7) is 1.58. The molecule has 27 heavy (non-hydrogen) atoms. The van der Waals surface area contributed by atoms with Crippen molar-refractivity contribution in [2.24, 2.45) is 5.92 Å². The van der Waals surface area contributed by atoms with Crippen LogP contribution in [-0.2, 0) is 6.42 Å². The zero-order chi connectivity index (χ0) is 19.0. The minimum Gasteiger partial charge on any atom is -0.422 e. The monoisotopic (exact) mass is 394 g/mol. The average molecular weight is 394 g/mol. The third kappa shape index (κ3) is 4.08. The first-order chi connectivity index (χ1) is 13.0. The molecule has 144 valence electrons. The topological polar surface area (TPSA) is 117 Å². The van der Waals surface area contributed by atoms with E-state index >= 15 is 0 Å². The number of nitrogens with one attached hydrogen (secondary N) is 1. The summed E-state index contributed by atoms with van der Waals surface area (Å²) in [5.41, 5.74) is 0.497. The molecule has 10 heteroatoms. The van der Waals surface area contributed by atoms with Crippen molar-refractivity contribution in [2.75, 3.05) is 0 Å². The van der Waals surface area contributed by atoms with E-state index < -0.39 is 12.3 Å². The standard InChI is InChI=1S/C17H19FN4O4S/c1-8(23)17-21-20-15(25-17)6-9-4-10(5-9)19-16(24)12-7-11(22-26-12)13-2-3-14(18)27-13/h2-3,7-10,16,19,23-24H,4-6H2,1H3/t8-,9-,10+,16?/m1/s1. The highest BCUT2D eigenvalue weighted by molar-refractivity contribution is 7.13. The van der Waals surface area contributed by atoms with Gasteiger partial charge in [0.2, 0.25) is 11.8 Å². The molecular weight excluding hydrogens is 375 g/mol. The Morgan fingerprint density at radius 3 is 2.81 bits per heavy atom. The molecule has 0 radical (unpaired) electrons. The van der Waals surface area contributed by atoms with Gasteiger partial charge in [0.1, 0.15) is 11.8 Å². The Morgan fingerprint density at radius 2 is 2.15 bits per heavy atom. The van der Waals surface area contributed by atoms with Gasteiger partial charge in [-0.3, -0.25) is 5.32 Å². The Labute approximate surface area is 158 Å². The summed E-state index contributed by atoms with van der Waals surface area (Å²) >= 11 is 0.973. The fourth-order valence-corrected chi connectivity index (χ4v) is 3.78. The Hall–Kier alpha value is -2.14. The van der Waals surface area contributed by atoms with Crippen LogP contribution in [0.5, 0.6) is 0 Å². The van der Waals surface area contributed by atoms with Gasteiger partial charge in [-0.2, -0.15) is 4.39 Å². The van der Waals surface area contributed by atoms with Crippen molar-refractivity contribution in [1.82, 2.24) is 20.7 Å². The number of halogens is 1. The van der Waals surface area contributed by atoms with Gasteiger partial charge in [-0.15, -0.1) is 21.5 Å². The van der Waals surface area contributed by atoms with Crippen LogP contribution in [0.1, 0.15) is 49.6 Å². The van der Waals surface area contributed by atoms with Crippen LogP contribution in [0.15, 0.2) is 27.1 Å². The molecule has 0 bridgehead atoms. The van der Waals surface area contributed by atoms with Crippen molar-refractivity contribution in [3.05, 3.63) is 40.9 Å². The second kappa shape index (κ2) is 7.47. The fourth-order valence-electron chi connectivity index (χ4n) is 3.09. The third-order valence-corrected chi connectivity index (χ3v) is 5.45. The van der Waals surface area contributed by atoms with E-state index in [1.54, 1.807) is 19.1 Å². The van der Waals surface area contributed by atoms with Crippen molar-refractivity contribution in [2.45, 2.75) is 44.6 Å². The summed E-state index contributed by atoms with van der Waals surface area (Å²) in [6.07, 6.45) is 0.591. The lowest BCUT2D eigenvalue weighted by atomic mass is 9.78. The Bertz CT molecular complexity index is 902. The van der Waals surface area contributed by atoms with Gasteiger partial charge in [0, 0.05) is 18.5 Å². The van der Waals surface area contributed by atoms with Gasteiger partial charge in [0.05, 0.1) is 4.88 Å². The van der Waals surface area contributed by atoms with Crippen molar-refractivity contribution in [3.8, 4) is 10.6 Å². The molecule has 4 rings (SSSR count). The predicted octanol–water partition coefficient (Wildman–Crippen LogP) is 2.58. The van der Waals surface area contributed by atoms with E-state index in [1.807, 2.05) is 0 Å². The minimum atomic E-state index is -0.979. The molecule has 0 saturated heterocycles. The van der Waals surface area contributed by atoms with E-state index in [9.17, 15) is 14.6 Å². The number of rotatable bonds is 7. The van der Waals surface area contributed by atoms with Gasteiger partial charge < -0.3 is 19.2 Å². The van der Waals surface area contributed by atoms with E-state index in [-0.39, 0.29) is 17.1 Å². The van der Waals surface area contributed by atoms with Gasteiger partial charge in [0.25, 0.3) is 0 Å². The minimum absolute atomic E-state index is 0.136. The Balaban J connectivity index is 1.26. The van der Waals surface area contributed by atoms with Crippen LogP contribution < -0.4 is 5.32 Å². The highest BCUT2D eigenvalue weighted by atomic mass is 32.1. The lowest BCUT2D eigenvalue weighted by molar-refractivity contribution is 0.0614. The number of aliphatic hydroxyl groups excluding tert-OH is 2. The molecule has 2 atom stereocenters. The molecule has 1 fully saturated rings. The van der Waals surface area contributed by atoms with E-state index in [4.69, 9.17) is 8.94 Å². The maximum atomic E-state index is 13.1. The summed E-state index contributed by atoms with van der Waals surface area (Å²) in [7, 11) is 0. The van der Waals surface area contributed by atoms with Crippen molar-refractivity contribution >= 4 is 11.3 Å². The first-order valence-corrected chi connectivity index (χ1v) is 9.46. The SMILES string of the molecule is C[C@@H](O)c1nnc(C[C@H]2C[C@@H](NC(O)c3cc(-c4ccc(F)s4)no3)C2)o1. The first-order valence-electron chi connectivity index (χ1n) is 8.64. The number of hydrogen-bond acceptors (Lipinski definition) is 9. The van der Waals surface area contributed by atoms with Gasteiger partial charge in [0.15, 0.2) is 17.1 Å². The van der Waals surface area contributed by atoms with Gasteiger partial charge in [-0.1, -0.05) is 5.16 Å². The van der Waals surface area contributed by atoms with Crippen LogP contribution in [0, 0.1) is 11.0 Å². The summed E-state index contributed by atoms with van der Waals surface area (Å²) in [6, 6.07) is 4.73.